The molecule has 3 nitrogen and oxygen atoms in total. The van der Waals surface area contributed by atoms with Crippen LogP contribution in [0.15, 0.2) is 0 Å². The molecular weight excluding hydrogens is 142 g/mol. The Bertz CT molecular complexity index is 218. The highest BCUT2D eigenvalue weighted by molar-refractivity contribution is 5.85. The van der Waals surface area contributed by atoms with Crippen molar-refractivity contribution in [1.82, 2.24) is 0 Å². The van der Waals surface area contributed by atoms with E-state index in [1.54, 1.807) is 0 Å². The van der Waals surface area contributed by atoms with Crippen molar-refractivity contribution in [2.24, 2.45) is 23.0 Å². The SMILES string of the molecule is NC(=O)C12CC(C1)C2CC=O. The quantitative estimate of drug-likeness (QED) is 0.584. The van der Waals surface area contributed by atoms with Gasteiger partial charge < -0.3 is 10.5 Å². The number of carbonyl (C=O) groups excluding carboxylic acids is 2. The van der Waals surface area contributed by atoms with Gasteiger partial charge in [0.05, 0.1) is 5.41 Å². The Morgan fingerprint density at radius 2 is 2.27 bits per heavy atom. The first-order valence-corrected chi connectivity index (χ1v) is 3.94. The molecule has 0 heterocycles. The molecule has 0 aliphatic heterocycles. The zero-order valence-electron chi connectivity index (χ0n) is 6.25. The van der Waals surface area contributed by atoms with Crippen molar-refractivity contribution in [3.8, 4) is 0 Å². The van der Waals surface area contributed by atoms with E-state index in [0.717, 1.165) is 19.1 Å². The molecule has 11 heavy (non-hydrogen) atoms. The first kappa shape index (κ1) is 6.83. The lowest BCUT2D eigenvalue weighted by molar-refractivity contribution is -0.196. The van der Waals surface area contributed by atoms with E-state index in [1.807, 2.05) is 0 Å². The summed E-state index contributed by atoms with van der Waals surface area (Å²) < 4.78 is 0. The smallest absolute Gasteiger partial charge is 0.223 e. The van der Waals surface area contributed by atoms with E-state index in [-0.39, 0.29) is 17.2 Å². The minimum Gasteiger partial charge on any atom is -0.369 e. The minimum atomic E-state index is -0.258. The van der Waals surface area contributed by atoms with Gasteiger partial charge in [0, 0.05) is 6.42 Å². The Morgan fingerprint density at radius 1 is 1.64 bits per heavy atom. The molecule has 1 amide bonds. The molecule has 0 aromatic heterocycles. The summed E-state index contributed by atoms with van der Waals surface area (Å²) in [4.78, 5) is 21.1. The van der Waals surface area contributed by atoms with Crippen LogP contribution in [0.3, 0.4) is 0 Å². The zero-order chi connectivity index (χ0) is 8.06. The van der Waals surface area contributed by atoms with E-state index in [1.165, 1.54) is 0 Å². The van der Waals surface area contributed by atoms with Gasteiger partial charge >= 0.3 is 0 Å². The maximum atomic E-state index is 10.9. The van der Waals surface area contributed by atoms with Crippen molar-refractivity contribution in [2.75, 3.05) is 0 Å². The number of rotatable bonds is 3. The lowest BCUT2D eigenvalue weighted by Crippen LogP contribution is -2.67. The van der Waals surface area contributed by atoms with Crippen molar-refractivity contribution < 1.29 is 9.59 Å². The van der Waals surface area contributed by atoms with Crippen LogP contribution in [-0.2, 0) is 9.59 Å². The second kappa shape index (κ2) is 1.84. The van der Waals surface area contributed by atoms with Gasteiger partial charge in [-0.2, -0.15) is 0 Å². The lowest BCUT2D eigenvalue weighted by Gasteiger charge is -2.66. The Kier molecular flexibility index (Phi) is 1.14. The summed E-state index contributed by atoms with van der Waals surface area (Å²) in [7, 11) is 0. The number of primary amides is 1. The Labute approximate surface area is 64.9 Å². The summed E-state index contributed by atoms with van der Waals surface area (Å²) in [5.74, 6) is 0.706. The summed E-state index contributed by atoms with van der Waals surface area (Å²) in [5, 5.41) is 0. The summed E-state index contributed by atoms with van der Waals surface area (Å²) in [6, 6.07) is 0. The third-order valence-corrected chi connectivity index (χ3v) is 3.37. The maximum Gasteiger partial charge on any atom is 0.223 e. The van der Waals surface area contributed by atoms with Gasteiger partial charge in [0.15, 0.2) is 0 Å². The number of amides is 1. The molecule has 3 rings (SSSR count). The lowest BCUT2D eigenvalue weighted by atomic mass is 9.36. The van der Waals surface area contributed by atoms with Gasteiger partial charge in [-0.05, 0) is 24.7 Å². The van der Waals surface area contributed by atoms with Crippen LogP contribution in [0.2, 0.25) is 0 Å². The molecule has 3 aliphatic rings. The predicted molar refractivity (Wildman–Crippen MR) is 38.5 cm³/mol. The summed E-state index contributed by atoms with van der Waals surface area (Å²) in [6.07, 6.45) is 3.28. The summed E-state index contributed by atoms with van der Waals surface area (Å²) in [5.41, 5.74) is 4.98. The van der Waals surface area contributed by atoms with Gasteiger partial charge in [0.2, 0.25) is 5.91 Å². The third-order valence-electron chi connectivity index (χ3n) is 3.37. The van der Waals surface area contributed by atoms with Crippen LogP contribution in [0.5, 0.6) is 0 Å². The van der Waals surface area contributed by atoms with Gasteiger partial charge in [-0.3, -0.25) is 4.79 Å². The molecule has 3 saturated carbocycles. The van der Waals surface area contributed by atoms with Crippen LogP contribution >= 0.6 is 0 Å². The van der Waals surface area contributed by atoms with Crippen LogP contribution in [0.1, 0.15) is 19.3 Å². The number of hydrogen-bond donors (Lipinski definition) is 1. The first-order chi connectivity index (χ1) is 5.20. The van der Waals surface area contributed by atoms with Gasteiger partial charge in [-0.25, -0.2) is 0 Å². The molecule has 2 bridgehead atoms. The Hall–Kier alpha value is -0.860. The van der Waals surface area contributed by atoms with E-state index in [4.69, 9.17) is 5.73 Å². The number of carbonyl (C=O) groups is 2. The second-order valence-corrected chi connectivity index (χ2v) is 3.70. The second-order valence-electron chi connectivity index (χ2n) is 3.70. The molecule has 1 atom stereocenters. The topological polar surface area (TPSA) is 60.2 Å². The van der Waals surface area contributed by atoms with Gasteiger partial charge in [-0.15, -0.1) is 0 Å². The largest absolute Gasteiger partial charge is 0.369 e. The highest BCUT2D eigenvalue weighted by atomic mass is 16.1. The van der Waals surface area contributed by atoms with Crippen molar-refractivity contribution >= 4 is 12.2 Å². The summed E-state index contributed by atoms with van der Waals surface area (Å²) in [6.45, 7) is 0. The number of aldehydes is 1. The average molecular weight is 153 g/mol. The molecule has 60 valence electrons. The molecular formula is C8H11NO2. The van der Waals surface area contributed by atoms with Crippen LogP contribution in [0, 0.1) is 17.3 Å². The molecule has 0 aromatic rings. The van der Waals surface area contributed by atoms with Crippen molar-refractivity contribution in [1.29, 1.82) is 0 Å². The van der Waals surface area contributed by atoms with E-state index in [2.05, 4.69) is 0 Å². The van der Waals surface area contributed by atoms with Crippen LogP contribution < -0.4 is 5.73 Å². The first-order valence-electron chi connectivity index (χ1n) is 3.94. The molecule has 0 aromatic carbocycles. The number of nitrogens with two attached hydrogens (primary N) is 1. The van der Waals surface area contributed by atoms with Crippen LogP contribution in [0.25, 0.3) is 0 Å². The predicted octanol–water partition coefficient (Wildman–Crippen LogP) is 0.0869. The highest BCUT2D eigenvalue weighted by Gasteiger charge is 2.68. The fraction of sp³-hybridized carbons (Fsp3) is 0.750. The van der Waals surface area contributed by atoms with Crippen molar-refractivity contribution in [3.05, 3.63) is 0 Å². The molecule has 0 saturated heterocycles. The third kappa shape index (κ3) is 0.588. The standard InChI is InChI=1S/C8H11NO2/c9-7(11)8-3-5(4-8)6(8)1-2-10/h2,5-6H,1,3-4H2,(H2,9,11). The normalized spacial score (nSPS) is 45.5. The molecule has 0 spiro atoms. The highest BCUT2D eigenvalue weighted by Crippen LogP contribution is 2.69. The Morgan fingerprint density at radius 3 is 2.55 bits per heavy atom. The Balaban J connectivity index is 2.06. The van der Waals surface area contributed by atoms with E-state index in [9.17, 15) is 9.59 Å². The van der Waals surface area contributed by atoms with E-state index >= 15 is 0 Å². The van der Waals surface area contributed by atoms with Crippen molar-refractivity contribution in [3.63, 3.8) is 0 Å². The molecule has 3 aliphatic carbocycles. The van der Waals surface area contributed by atoms with Crippen LogP contribution in [-0.4, -0.2) is 12.2 Å². The molecule has 1 unspecified atom stereocenters. The van der Waals surface area contributed by atoms with Gasteiger partial charge in [0.25, 0.3) is 0 Å². The average Bonchev–Trinajstić information content (AvgIpc) is 1.78. The van der Waals surface area contributed by atoms with Crippen molar-refractivity contribution in [2.45, 2.75) is 19.3 Å². The monoisotopic (exact) mass is 153 g/mol. The summed E-state index contributed by atoms with van der Waals surface area (Å²) >= 11 is 0. The van der Waals surface area contributed by atoms with Gasteiger partial charge in [0.1, 0.15) is 6.29 Å². The maximum absolute atomic E-state index is 10.9. The zero-order valence-corrected chi connectivity index (χ0v) is 6.25. The molecule has 2 N–H and O–H groups in total. The molecule has 3 heteroatoms. The fourth-order valence-corrected chi connectivity index (χ4v) is 2.50. The minimum absolute atomic E-state index is 0.202. The number of hydrogen-bond acceptors (Lipinski definition) is 2. The van der Waals surface area contributed by atoms with Gasteiger partial charge in [-0.1, -0.05) is 0 Å². The fourth-order valence-electron chi connectivity index (χ4n) is 2.50. The molecule has 3 fully saturated rings. The molecule has 0 radical (unpaired) electrons. The van der Waals surface area contributed by atoms with Crippen LogP contribution in [0.4, 0.5) is 0 Å². The van der Waals surface area contributed by atoms with E-state index in [0.29, 0.717) is 12.3 Å². The van der Waals surface area contributed by atoms with E-state index < -0.39 is 0 Å².